The highest BCUT2D eigenvalue weighted by molar-refractivity contribution is 5.94. The van der Waals surface area contributed by atoms with Crippen LogP contribution in [0.25, 0.3) is 0 Å². The Hall–Kier alpha value is -2.09. The second-order valence-corrected chi connectivity index (χ2v) is 3.41. The van der Waals surface area contributed by atoms with Gasteiger partial charge >= 0.3 is 0 Å². The summed E-state index contributed by atoms with van der Waals surface area (Å²) in [6, 6.07) is 17.5. The van der Waals surface area contributed by atoms with Gasteiger partial charge in [0.05, 0.1) is 0 Å². The maximum absolute atomic E-state index is 11.2. The zero-order chi connectivity index (χ0) is 11.4. The second-order valence-electron chi connectivity index (χ2n) is 3.41. The van der Waals surface area contributed by atoms with Crippen molar-refractivity contribution in [3.05, 3.63) is 60.2 Å². The summed E-state index contributed by atoms with van der Waals surface area (Å²) in [6.45, 7) is 1.51. The number of ketones is 1. The molecule has 0 atom stereocenters. The zero-order valence-electron chi connectivity index (χ0n) is 8.94. The van der Waals surface area contributed by atoms with Crippen molar-refractivity contribution in [3.63, 3.8) is 0 Å². The van der Waals surface area contributed by atoms with Crippen molar-refractivity contribution in [1.82, 2.24) is 0 Å². The average Bonchev–Trinajstić information content (AvgIpc) is 2.30. The third-order valence-corrected chi connectivity index (χ3v) is 2.13. The fourth-order valence-electron chi connectivity index (χ4n) is 1.34. The van der Waals surface area contributed by atoms with Crippen LogP contribution in [0.1, 0.15) is 17.3 Å². The third kappa shape index (κ3) is 2.48. The highest BCUT2D eigenvalue weighted by Gasteiger charge is 2.02. The minimum absolute atomic E-state index is 0.0153. The minimum Gasteiger partial charge on any atom is -0.457 e. The van der Waals surface area contributed by atoms with Gasteiger partial charge in [-0.2, -0.15) is 0 Å². The van der Waals surface area contributed by atoms with E-state index in [1.165, 1.54) is 6.92 Å². The van der Waals surface area contributed by atoms with Gasteiger partial charge in [0.25, 0.3) is 0 Å². The Balaban J connectivity index is 2.22. The van der Waals surface area contributed by atoms with E-state index in [-0.39, 0.29) is 5.78 Å². The van der Waals surface area contributed by atoms with E-state index < -0.39 is 0 Å². The van der Waals surface area contributed by atoms with Gasteiger partial charge in [-0.25, -0.2) is 0 Å². The van der Waals surface area contributed by atoms with Gasteiger partial charge in [0.15, 0.2) is 5.78 Å². The van der Waals surface area contributed by atoms with Gasteiger partial charge in [0, 0.05) is 5.56 Å². The first-order valence-corrected chi connectivity index (χ1v) is 5.01. The van der Waals surface area contributed by atoms with Crippen molar-refractivity contribution in [3.8, 4) is 11.5 Å². The first-order chi connectivity index (χ1) is 7.75. The molecule has 0 unspecified atom stereocenters. The number of Topliss-reactive ketones (excluding diaryl/α,β-unsaturated/α-hetero) is 1. The molecule has 1 radical (unpaired) electrons. The lowest BCUT2D eigenvalue weighted by Gasteiger charge is -2.05. The van der Waals surface area contributed by atoms with Gasteiger partial charge in [-0.3, -0.25) is 4.79 Å². The molecule has 0 saturated heterocycles. The molecule has 16 heavy (non-hydrogen) atoms. The number of rotatable bonds is 3. The quantitative estimate of drug-likeness (QED) is 0.726. The summed E-state index contributed by atoms with van der Waals surface area (Å²) >= 11 is 0. The second kappa shape index (κ2) is 4.62. The lowest BCUT2D eigenvalue weighted by atomic mass is 10.1. The fraction of sp³-hybridized carbons (Fsp3) is 0.0714. The lowest BCUT2D eigenvalue weighted by Crippen LogP contribution is -1.92. The van der Waals surface area contributed by atoms with E-state index in [0.717, 1.165) is 5.75 Å². The predicted molar refractivity (Wildman–Crippen MR) is 61.8 cm³/mol. The average molecular weight is 211 g/mol. The normalized spacial score (nSPS) is 9.81. The van der Waals surface area contributed by atoms with Gasteiger partial charge in [-0.1, -0.05) is 18.2 Å². The van der Waals surface area contributed by atoms with E-state index in [2.05, 4.69) is 6.07 Å². The summed E-state index contributed by atoms with van der Waals surface area (Å²) < 4.78 is 5.60. The molecule has 0 aromatic heterocycles. The third-order valence-electron chi connectivity index (χ3n) is 2.13. The van der Waals surface area contributed by atoms with Crippen LogP contribution in [0, 0.1) is 6.07 Å². The molecule has 2 nitrogen and oxygen atoms in total. The Labute approximate surface area is 94.5 Å². The summed E-state index contributed by atoms with van der Waals surface area (Å²) in [5.41, 5.74) is 0.536. The Kier molecular flexibility index (Phi) is 3.01. The van der Waals surface area contributed by atoms with Crippen LogP contribution in [0.4, 0.5) is 0 Å². The summed E-state index contributed by atoms with van der Waals surface area (Å²) in [6.07, 6.45) is 0. The Morgan fingerprint density at radius 2 is 1.88 bits per heavy atom. The smallest absolute Gasteiger partial charge is 0.160 e. The van der Waals surface area contributed by atoms with Gasteiger partial charge < -0.3 is 4.74 Å². The van der Waals surface area contributed by atoms with Crippen LogP contribution in [-0.2, 0) is 0 Å². The lowest BCUT2D eigenvalue weighted by molar-refractivity contribution is 0.101. The molecule has 2 heteroatoms. The van der Waals surface area contributed by atoms with Crippen LogP contribution in [0.3, 0.4) is 0 Å². The molecule has 0 saturated carbocycles. The Morgan fingerprint density at radius 1 is 1.12 bits per heavy atom. The van der Waals surface area contributed by atoms with Gasteiger partial charge in [-0.15, -0.1) is 0 Å². The first kappa shape index (κ1) is 10.4. The van der Waals surface area contributed by atoms with Crippen LogP contribution in [0.2, 0.25) is 0 Å². The van der Waals surface area contributed by atoms with E-state index in [0.29, 0.717) is 11.3 Å². The van der Waals surface area contributed by atoms with Crippen molar-refractivity contribution in [2.45, 2.75) is 6.92 Å². The van der Waals surface area contributed by atoms with Crippen LogP contribution >= 0.6 is 0 Å². The number of carbonyl (C=O) groups is 1. The van der Waals surface area contributed by atoms with Crippen molar-refractivity contribution in [1.29, 1.82) is 0 Å². The van der Waals surface area contributed by atoms with Crippen LogP contribution in [0.15, 0.2) is 48.5 Å². The maximum Gasteiger partial charge on any atom is 0.160 e. The molecule has 2 rings (SSSR count). The van der Waals surface area contributed by atoms with Crippen molar-refractivity contribution in [2.24, 2.45) is 0 Å². The number of para-hydroxylation sites is 1. The van der Waals surface area contributed by atoms with E-state index in [9.17, 15) is 4.79 Å². The maximum atomic E-state index is 11.2. The molecular weight excluding hydrogens is 200 g/mol. The molecular formula is C14H11O2. The monoisotopic (exact) mass is 211 g/mol. The van der Waals surface area contributed by atoms with Gasteiger partial charge in [-0.05, 0) is 43.3 Å². The number of hydrogen-bond acceptors (Lipinski definition) is 2. The van der Waals surface area contributed by atoms with E-state index in [1.54, 1.807) is 18.2 Å². The van der Waals surface area contributed by atoms with Crippen LogP contribution < -0.4 is 4.74 Å². The molecule has 0 N–H and O–H groups in total. The number of carbonyl (C=O) groups excluding carboxylic acids is 1. The zero-order valence-corrected chi connectivity index (χ0v) is 8.94. The van der Waals surface area contributed by atoms with E-state index in [1.807, 2.05) is 30.3 Å². The summed E-state index contributed by atoms with van der Waals surface area (Å²) in [4.78, 5) is 11.2. The molecule has 2 aromatic rings. The molecule has 0 aliphatic carbocycles. The molecule has 79 valence electrons. The molecule has 0 amide bonds. The first-order valence-electron chi connectivity index (χ1n) is 5.01. The van der Waals surface area contributed by atoms with Gasteiger partial charge in [0.1, 0.15) is 11.5 Å². The number of hydrogen-bond donors (Lipinski definition) is 0. The molecule has 2 aromatic carbocycles. The largest absolute Gasteiger partial charge is 0.457 e. The molecule has 0 aliphatic rings. The van der Waals surface area contributed by atoms with E-state index in [4.69, 9.17) is 4.74 Å². The minimum atomic E-state index is -0.0153. The van der Waals surface area contributed by atoms with Crippen LogP contribution in [-0.4, -0.2) is 5.78 Å². The Morgan fingerprint density at radius 3 is 2.56 bits per heavy atom. The highest BCUT2D eigenvalue weighted by Crippen LogP contribution is 2.21. The van der Waals surface area contributed by atoms with Crippen molar-refractivity contribution >= 4 is 5.78 Å². The van der Waals surface area contributed by atoms with E-state index >= 15 is 0 Å². The topological polar surface area (TPSA) is 26.3 Å². The molecule has 0 fully saturated rings. The van der Waals surface area contributed by atoms with Crippen molar-refractivity contribution < 1.29 is 9.53 Å². The highest BCUT2D eigenvalue weighted by atomic mass is 16.5. The molecule has 0 spiro atoms. The summed E-state index contributed by atoms with van der Waals surface area (Å²) in [7, 11) is 0. The number of ether oxygens (including phenoxy) is 1. The number of benzene rings is 2. The molecule has 0 heterocycles. The standard InChI is InChI=1S/C14H11O2/c1-11(15)12-6-5-9-14(10-12)16-13-7-3-2-4-8-13/h2-5,7-10H,1H3. The van der Waals surface area contributed by atoms with Crippen molar-refractivity contribution in [2.75, 3.05) is 0 Å². The molecule has 0 bridgehead atoms. The molecule has 0 aliphatic heterocycles. The fourth-order valence-corrected chi connectivity index (χ4v) is 1.34. The predicted octanol–water partition coefficient (Wildman–Crippen LogP) is 3.48. The SMILES string of the molecule is CC(=O)c1[c]ccc(Oc2ccccc2)c1. The van der Waals surface area contributed by atoms with Crippen LogP contribution in [0.5, 0.6) is 11.5 Å². The summed E-state index contributed by atoms with van der Waals surface area (Å²) in [5, 5.41) is 0. The summed E-state index contributed by atoms with van der Waals surface area (Å²) in [5.74, 6) is 1.39. The Bertz CT molecular complexity index is 489. The van der Waals surface area contributed by atoms with Gasteiger partial charge in [0.2, 0.25) is 0 Å².